The predicted molar refractivity (Wildman–Crippen MR) is 94.9 cm³/mol. The normalized spacial score (nSPS) is 11.2. The van der Waals surface area contributed by atoms with Crippen LogP contribution in [-0.2, 0) is 0 Å². The van der Waals surface area contributed by atoms with Crippen LogP contribution in [0, 0.1) is 4.51 Å². The van der Waals surface area contributed by atoms with Gasteiger partial charge in [-0.3, -0.25) is 0 Å². The van der Waals surface area contributed by atoms with E-state index in [9.17, 15) is 0 Å². The first-order valence-corrected chi connectivity index (χ1v) is 9.55. The van der Waals surface area contributed by atoms with Crippen molar-refractivity contribution in [1.29, 1.82) is 0 Å². The number of aliphatic hydroxyl groups is 1. The van der Waals surface area contributed by atoms with E-state index in [1.165, 1.54) is 0 Å². The number of thioether (sulfide) groups is 1. The fourth-order valence-corrected chi connectivity index (χ4v) is 4.30. The van der Waals surface area contributed by atoms with Gasteiger partial charge in [0.25, 0.3) is 0 Å². The van der Waals surface area contributed by atoms with Gasteiger partial charge in [-0.15, -0.1) is 11.3 Å². The number of hydrogen-bond donors (Lipinski definition) is 1. The minimum absolute atomic E-state index is 0.227. The fraction of sp³-hybridized carbons (Fsp3) is 0.462. The third-order valence-corrected chi connectivity index (χ3v) is 6.10. The second-order valence-electron chi connectivity index (χ2n) is 4.11. The van der Waals surface area contributed by atoms with E-state index >= 15 is 0 Å². The Morgan fingerprint density at radius 1 is 1.50 bits per heavy atom. The molecule has 0 bridgehead atoms. The molecule has 0 fully saturated rings. The van der Waals surface area contributed by atoms with Gasteiger partial charge in [-0.05, 0) is 22.9 Å². The number of anilines is 1. The molecule has 3 nitrogen and oxygen atoms in total. The zero-order chi connectivity index (χ0) is 14.5. The lowest BCUT2D eigenvalue weighted by atomic mass is 10.4. The van der Waals surface area contributed by atoms with Gasteiger partial charge >= 0.3 is 0 Å². The molecular formula is C13H16BrNO2S3. The molecule has 2 aromatic heterocycles. The van der Waals surface area contributed by atoms with Crippen molar-refractivity contribution in [3.8, 4) is 0 Å². The summed E-state index contributed by atoms with van der Waals surface area (Å²) < 4.78 is 8.79. The van der Waals surface area contributed by atoms with Gasteiger partial charge in [-0.1, -0.05) is 12.2 Å². The highest BCUT2D eigenvalue weighted by Gasteiger charge is 2.12. The summed E-state index contributed by atoms with van der Waals surface area (Å²) in [5, 5.41) is 10.8. The van der Waals surface area contributed by atoms with E-state index in [-0.39, 0.29) is 6.61 Å². The summed E-state index contributed by atoms with van der Waals surface area (Å²) in [4.78, 5) is 2.17. The van der Waals surface area contributed by atoms with E-state index in [1.807, 2.05) is 11.4 Å². The molecule has 20 heavy (non-hydrogen) atoms. The lowest BCUT2D eigenvalue weighted by Gasteiger charge is -2.21. The molecule has 0 aliphatic carbocycles. The van der Waals surface area contributed by atoms with Crippen molar-refractivity contribution in [3.63, 3.8) is 0 Å². The smallest absolute Gasteiger partial charge is 0.197 e. The summed E-state index contributed by atoms with van der Waals surface area (Å²) in [6.45, 7) is 4.07. The van der Waals surface area contributed by atoms with Crippen LogP contribution in [-0.4, -0.2) is 36.3 Å². The fourth-order valence-electron chi connectivity index (χ4n) is 1.82. The van der Waals surface area contributed by atoms with Gasteiger partial charge in [0.05, 0.1) is 20.3 Å². The van der Waals surface area contributed by atoms with Gasteiger partial charge in [0.15, 0.2) is 11.5 Å². The number of thiophene rings is 1. The van der Waals surface area contributed by atoms with Crippen molar-refractivity contribution in [2.45, 2.75) is 6.92 Å². The molecule has 2 rings (SSSR count). The second kappa shape index (κ2) is 7.79. The highest BCUT2D eigenvalue weighted by Crippen LogP contribution is 2.34. The average molecular weight is 394 g/mol. The number of hydrogen-bond acceptors (Lipinski definition) is 6. The van der Waals surface area contributed by atoms with E-state index in [4.69, 9.17) is 21.7 Å². The van der Waals surface area contributed by atoms with Gasteiger partial charge < -0.3 is 14.4 Å². The average Bonchev–Trinajstić information content (AvgIpc) is 2.81. The molecule has 110 valence electrons. The number of fused-ring (bicyclic) bond motifs is 1. The van der Waals surface area contributed by atoms with Crippen LogP contribution < -0.4 is 4.90 Å². The lowest BCUT2D eigenvalue weighted by Crippen LogP contribution is -2.25. The minimum atomic E-state index is 0.227. The molecule has 0 aliphatic heterocycles. The van der Waals surface area contributed by atoms with Gasteiger partial charge in [0.1, 0.15) is 0 Å². The Hall–Kier alpha value is -0.0800. The molecule has 0 aromatic carbocycles. The van der Waals surface area contributed by atoms with Crippen LogP contribution in [0.2, 0.25) is 0 Å². The standard InChI is InChI=1S/C13H16BrNO2S3/c1-2-15(3-5-19-6-4-16)11-7-10(18)13-12(17-11)9(14)8-20-13/h7-8,16H,2-6H2,1H3. The Morgan fingerprint density at radius 2 is 2.30 bits per heavy atom. The van der Waals surface area contributed by atoms with Crippen LogP contribution in [0.25, 0.3) is 10.3 Å². The molecule has 0 saturated heterocycles. The number of aliphatic hydroxyl groups excluding tert-OH is 1. The van der Waals surface area contributed by atoms with Crippen molar-refractivity contribution in [2.24, 2.45) is 0 Å². The SMILES string of the molecule is CCN(CCSCCO)c1cc(=S)c2scc(Br)c2o1. The zero-order valence-electron chi connectivity index (χ0n) is 11.1. The third-order valence-electron chi connectivity index (χ3n) is 2.82. The maximum absolute atomic E-state index is 8.80. The summed E-state index contributed by atoms with van der Waals surface area (Å²) in [7, 11) is 0. The van der Waals surface area contributed by atoms with E-state index in [2.05, 4.69) is 27.8 Å². The number of nitrogens with zero attached hydrogens (tertiary/aromatic N) is 1. The first-order chi connectivity index (χ1) is 9.67. The summed E-state index contributed by atoms with van der Waals surface area (Å²) in [6.07, 6.45) is 0. The molecule has 0 amide bonds. The van der Waals surface area contributed by atoms with Gasteiger partial charge in [-0.2, -0.15) is 11.8 Å². The molecule has 0 radical (unpaired) electrons. The Kier molecular flexibility index (Phi) is 6.35. The number of rotatable bonds is 7. The minimum Gasteiger partial charge on any atom is -0.438 e. The van der Waals surface area contributed by atoms with E-state index in [0.29, 0.717) is 0 Å². The Bertz CT molecular complexity index is 626. The summed E-state index contributed by atoms with van der Waals surface area (Å²) in [5.74, 6) is 2.55. The Balaban J connectivity index is 2.21. The first-order valence-electron chi connectivity index (χ1n) is 6.31. The summed E-state index contributed by atoms with van der Waals surface area (Å²) in [5.41, 5.74) is 0.832. The second-order valence-corrected chi connectivity index (χ2v) is 7.50. The van der Waals surface area contributed by atoms with Gasteiger partial charge in [0, 0.05) is 36.0 Å². The number of halogens is 1. The maximum atomic E-state index is 8.80. The maximum Gasteiger partial charge on any atom is 0.197 e. The van der Waals surface area contributed by atoms with Crippen molar-refractivity contribution < 1.29 is 9.52 Å². The van der Waals surface area contributed by atoms with Crippen molar-refractivity contribution in [2.75, 3.05) is 36.1 Å². The topological polar surface area (TPSA) is 36.6 Å². The molecular weight excluding hydrogens is 378 g/mol. The Labute approximate surface area is 140 Å². The largest absolute Gasteiger partial charge is 0.438 e. The Morgan fingerprint density at radius 3 is 3.00 bits per heavy atom. The van der Waals surface area contributed by atoms with Crippen LogP contribution in [0.3, 0.4) is 0 Å². The summed E-state index contributed by atoms with van der Waals surface area (Å²) in [6, 6.07) is 1.93. The van der Waals surface area contributed by atoms with Crippen molar-refractivity contribution >= 4 is 67.4 Å². The highest BCUT2D eigenvalue weighted by atomic mass is 79.9. The van der Waals surface area contributed by atoms with Crippen molar-refractivity contribution in [3.05, 3.63) is 20.4 Å². The van der Waals surface area contributed by atoms with Gasteiger partial charge in [-0.25, -0.2) is 0 Å². The molecule has 2 heterocycles. The molecule has 0 atom stereocenters. The van der Waals surface area contributed by atoms with Crippen LogP contribution >= 0.6 is 51.2 Å². The predicted octanol–water partition coefficient (Wildman–Crippen LogP) is 4.54. The monoisotopic (exact) mass is 393 g/mol. The van der Waals surface area contributed by atoms with E-state index in [0.717, 1.165) is 49.7 Å². The van der Waals surface area contributed by atoms with E-state index < -0.39 is 0 Å². The molecule has 2 aromatic rings. The lowest BCUT2D eigenvalue weighted by molar-refractivity contribution is 0.322. The highest BCUT2D eigenvalue weighted by molar-refractivity contribution is 9.10. The zero-order valence-corrected chi connectivity index (χ0v) is 15.1. The van der Waals surface area contributed by atoms with Crippen LogP contribution in [0.5, 0.6) is 0 Å². The first kappa shape index (κ1) is 16.3. The third kappa shape index (κ3) is 3.76. The molecule has 0 spiro atoms. The molecule has 7 heteroatoms. The van der Waals surface area contributed by atoms with E-state index in [1.54, 1.807) is 23.1 Å². The van der Waals surface area contributed by atoms with Gasteiger partial charge in [0.2, 0.25) is 0 Å². The molecule has 1 N–H and O–H groups in total. The quantitative estimate of drug-likeness (QED) is 0.551. The van der Waals surface area contributed by atoms with Crippen molar-refractivity contribution in [1.82, 2.24) is 0 Å². The van der Waals surface area contributed by atoms with Crippen LogP contribution in [0.15, 0.2) is 20.3 Å². The molecule has 0 unspecified atom stereocenters. The summed E-state index contributed by atoms with van der Waals surface area (Å²) >= 11 is 12.3. The molecule has 0 aliphatic rings. The van der Waals surface area contributed by atoms with Crippen LogP contribution in [0.1, 0.15) is 6.92 Å². The molecule has 0 saturated carbocycles. The van der Waals surface area contributed by atoms with Crippen LogP contribution in [0.4, 0.5) is 5.88 Å².